The van der Waals surface area contributed by atoms with E-state index >= 15 is 0 Å². The lowest BCUT2D eigenvalue weighted by atomic mass is 10.1. The molecule has 5 nitrogen and oxygen atoms in total. The molecule has 1 N–H and O–H groups in total. The Hall–Kier alpha value is -2.17. The highest BCUT2D eigenvalue weighted by molar-refractivity contribution is 5.66. The number of benzene rings is 1. The third-order valence-electron chi connectivity index (χ3n) is 2.64. The maximum atomic E-state index is 10.8. The molecular formula is C14H17NO4. The molecule has 1 aliphatic rings. The molecule has 0 bridgehead atoms. The Balaban J connectivity index is 1.83. The second-order valence-corrected chi connectivity index (χ2v) is 4.01. The maximum Gasteiger partial charge on any atom is 0.406 e. The Bertz CT molecular complexity index is 471. The van der Waals surface area contributed by atoms with Crippen molar-refractivity contribution in [2.75, 3.05) is 26.9 Å². The van der Waals surface area contributed by atoms with Gasteiger partial charge in [-0.15, -0.1) is 0 Å². The molecule has 0 aromatic heterocycles. The van der Waals surface area contributed by atoms with Crippen LogP contribution in [0.1, 0.15) is 12.0 Å². The average Bonchev–Trinajstić information content (AvgIpc) is 2.46. The van der Waals surface area contributed by atoms with Crippen molar-refractivity contribution in [2.45, 2.75) is 6.42 Å². The highest BCUT2D eigenvalue weighted by Gasteiger charge is 2.10. The number of ether oxygens (including phenoxy) is 3. The van der Waals surface area contributed by atoms with E-state index in [1.807, 2.05) is 30.4 Å². The summed E-state index contributed by atoms with van der Waals surface area (Å²) in [6.07, 6.45) is 4.30. The molecule has 0 aliphatic carbocycles. The minimum absolute atomic E-state index is 0.410. The predicted molar refractivity (Wildman–Crippen MR) is 71.5 cm³/mol. The van der Waals surface area contributed by atoms with Crippen molar-refractivity contribution in [3.05, 3.63) is 29.8 Å². The van der Waals surface area contributed by atoms with E-state index in [1.165, 1.54) is 7.11 Å². The lowest BCUT2D eigenvalue weighted by molar-refractivity contribution is 0.171. The second-order valence-electron chi connectivity index (χ2n) is 4.01. The van der Waals surface area contributed by atoms with Crippen LogP contribution in [0.3, 0.4) is 0 Å². The monoisotopic (exact) mass is 263 g/mol. The maximum absolute atomic E-state index is 10.8. The van der Waals surface area contributed by atoms with E-state index in [1.54, 1.807) is 0 Å². The first-order valence-corrected chi connectivity index (χ1v) is 6.17. The first-order chi connectivity index (χ1) is 9.29. The summed E-state index contributed by atoms with van der Waals surface area (Å²) in [6, 6.07) is 5.82. The van der Waals surface area contributed by atoms with Crippen molar-refractivity contribution in [3.8, 4) is 11.5 Å². The van der Waals surface area contributed by atoms with Crippen LogP contribution in [0.25, 0.3) is 6.08 Å². The number of methoxy groups -OCH3 is 1. The summed E-state index contributed by atoms with van der Waals surface area (Å²) in [5.74, 6) is 1.57. The summed E-state index contributed by atoms with van der Waals surface area (Å²) in [7, 11) is 1.35. The van der Waals surface area contributed by atoms with Crippen LogP contribution in [0.15, 0.2) is 24.3 Å². The van der Waals surface area contributed by atoms with E-state index in [-0.39, 0.29) is 0 Å². The zero-order valence-electron chi connectivity index (χ0n) is 10.8. The molecule has 19 heavy (non-hydrogen) atoms. The molecule has 102 valence electrons. The van der Waals surface area contributed by atoms with Gasteiger partial charge in [0.1, 0.15) is 13.2 Å². The molecule has 2 rings (SSSR count). The lowest BCUT2D eigenvalue weighted by Gasteiger charge is -2.18. The average molecular weight is 263 g/mol. The van der Waals surface area contributed by atoms with Crippen molar-refractivity contribution in [3.63, 3.8) is 0 Å². The molecule has 0 radical (unpaired) electrons. The van der Waals surface area contributed by atoms with E-state index in [4.69, 9.17) is 9.47 Å². The van der Waals surface area contributed by atoms with Crippen LogP contribution >= 0.6 is 0 Å². The van der Waals surface area contributed by atoms with Crippen LogP contribution in [-0.2, 0) is 4.74 Å². The summed E-state index contributed by atoms with van der Waals surface area (Å²) in [5, 5.41) is 2.61. The molecule has 1 heterocycles. The molecule has 5 heteroatoms. The molecule has 1 aliphatic heterocycles. The topological polar surface area (TPSA) is 56.8 Å². The standard InChI is InChI=1S/C14H17NO4/c1-17-14(16)15-7-3-2-4-11-5-6-12-13(10-11)19-9-8-18-12/h2,4-6,10H,3,7-9H2,1H3,(H,15,16)/b4-2+. The fourth-order valence-electron chi connectivity index (χ4n) is 1.71. The minimum atomic E-state index is -0.410. The van der Waals surface area contributed by atoms with Gasteiger partial charge in [-0.2, -0.15) is 0 Å². The number of hydrogen-bond donors (Lipinski definition) is 1. The van der Waals surface area contributed by atoms with Gasteiger partial charge < -0.3 is 19.5 Å². The van der Waals surface area contributed by atoms with Crippen LogP contribution in [-0.4, -0.2) is 33.0 Å². The fourth-order valence-corrected chi connectivity index (χ4v) is 1.71. The van der Waals surface area contributed by atoms with Crippen LogP contribution in [0.4, 0.5) is 4.79 Å². The third-order valence-corrected chi connectivity index (χ3v) is 2.64. The van der Waals surface area contributed by atoms with Crippen LogP contribution in [0, 0.1) is 0 Å². The first-order valence-electron chi connectivity index (χ1n) is 6.17. The zero-order chi connectivity index (χ0) is 13.5. The number of carbonyl (C=O) groups excluding carboxylic acids is 1. The Morgan fingerprint density at radius 2 is 2.16 bits per heavy atom. The van der Waals surface area contributed by atoms with Gasteiger partial charge in [0.25, 0.3) is 0 Å². The van der Waals surface area contributed by atoms with Crippen molar-refractivity contribution < 1.29 is 19.0 Å². The molecule has 0 unspecified atom stereocenters. The largest absolute Gasteiger partial charge is 0.486 e. The number of fused-ring (bicyclic) bond motifs is 1. The molecule has 0 spiro atoms. The SMILES string of the molecule is COC(=O)NCC/C=C/c1ccc2c(c1)OCCO2. The van der Waals surface area contributed by atoms with Crippen molar-refractivity contribution in [2.24, 2.45) is 0 Å². The summed E-state index contributed by atoms with van der Waals surface area (Å²) in [5.41, 5.74) is 1.04. The van der Waals surface area contributed by atoms with Gasteiger partial charge >= 0.3 is 6.09 Å². The van der Waals surface area contributed by atoms with Crippen molar-refractivity contribution >= 4 is 12.2 Å². The number of alkyl carbamates (subject to hydrolysis) is 1. The normalized spacial score (nSPS) is 13.3. The Labute approximate surface area is 112 Å². The van der Waals surface area contributed by atoms with Gasteiger partial charge in [-0.25, -0.2) is 4.79 Å². The van der Waals surface area contributed by atoms with Crippen LogP contribution in [0.5, 0.6) is 11.5 Å². The van der Waals surface area contributed by atoms with Gasteiger partial charge in [-0.3, -0.25) is 0 Å². The first kappa shape index (κ1) is 13.3. The minimum Gasteiger partial charge on any atom is -0.486 e. The number of rotatable bonds is 4. The summed E-state index contributed by atoms with van der Waals surface area (Å²) in [6.45, 7) is 1.73. The van der Waals surface area contributed by atoms with Gasteiger partial charge in [-0.1, -0.05) is 18.2 Å². The predicted octanol–water partition coefficient (Wildman–Crippen LogP) is 2.22. The molecule has 0 saturated heterocycles. The highest BCUT2D eigenvalue weighted by atomic mass is 16.6. The molecule has 1 aromatic rings. The fraction of sp³-hybridized carbons (Fsp3) is 0.357. The summed E-state index contributed by atoms with van der Waals surface area (Å²) in [4.78, 5) is 10.8. The van der Waals surface area contributed by atoms with E-state index in [9.17, 15) is 4.79 Å². The number of amides is 1. The number of nitrogens with one attached hydrogen (secondary N) is 1. The van der Waals surface area contributed by atoms with Gasteiger partial charge in [0, 0.05) is 6.54 Å². The van der Waals surface area contributed by atoms with E-state index in [2.05, 4.69) is 10.1 Å². The third kappa shape index (κ3) is 3.91. The Morgan fingerprint density at radius 3 is 2.95 bits per heavy atom. The van der Waals surface area contributed by atoms with E-state index in [0.717, 1.165) is 23.5 Å². The molecule has 1 aromatic carbocycles. The van der Waals surface area contributed by atoms with E-state index < -0.39 is 6.09 Å². The summed E-state index contributed by atoms with van der Waals surface area (Å²) < 4.78 is 15.4. The molecule has 0 atom stereocenters. The smallest absolute Gasteiger partial charge is 0.406 e. The second kappa shape index (κ2) is 6.68. The van der Waals surface area contributed by atoms with E-state index in [0.29, 0.717) is 19.8 Å². The van der Waals surface area contributed by atoms with Gasteiger partial charge in [0.05, 0.1) is 7.11 Å². The molecule has 0 saturated carbocycles. The van der Waals surface area contributed by atoms with Crippen LogP contribution < -0.4 is 14.8 Å². The number of hydrogen-bond acceptors (Lipinski definition) is 4. The molecule has 1 amide bonds. The quantitative estimate of drug-likeness (QED) is 0.846. The summed E-state index contributed by atoms with van der Waals surface area (Å²) >= 11 is 0. The Kier molecular flexibility index (Phi) is 4.66. The van der Waals surface area contributed by atoms with Gasteiger partial charge in [-0.05, 0) is 24.1 Å². The molecule has 0 fully saturated rings. The lowest BCUT2D eigenvalue weighted by Crippen LogP contribution is -2.23. The van der Waals surface area contributed by atoms with Gasteiger partial charge in [0.2, 0.25) is 0 Å². The Morgan fingerprint density at radius 1 is 1.37 bits per heavy atom. The molecular weight excluding hydrogens is 246 g/mol. The highest BCUT2D eigenvalue weighted by Crippen LogP contribution is 2.31. The van der Waals surface area contributed by atoms with Crippen LogP contribution in [0.2, 0.25) is 0 Å². The number of carbonyl (C=O) groups is 1. The zero-order valence-corrected chi connectivity index (χ0v) is 10.8. The van der Waals surface area contributed by atoms with Crippen molar-refractivity contribution in [1.82, 2.24) is 5.32 Å². The van der Waals surface area contributed by atoms with Crippen molar-refractivity contribution in [1.29, 1.82) is 0 Å². The van der Waals surface area contributed by atoms with Gasteiger partial charge in [0.15, 0.2) is 11.5 Å².